The maximum absolute atomic E-state index is 13.0. The van der Waals surface area contributed by atoms with Crippen LogP contribution in [0.15, 0.2) is 47.5 Å². The molecule has 172 valence electrons. The summed E-state index contributed by atoms with van der Waals surface area (Å²) in [5, 5.41) is 3.51. The van der Waals surface area contributed by atoms with Gasteiger partial charge in [-0.3, -0.25) is 9.59 Å². The molecular formula is C21H22N6O4S2. The van der Waals surface area contributed by atoms with Crippen LogP contribution in [0.2, 0.25) is 0 Å². The van der Waals surface area contributed by atoms with E-state index in [0.717, 1.165) is 19.8 Å². The van der Waals surface area contributed by atoms with Crippen molar-refractivity contribution < 1.29 is 18.0 Å². The van der Waals surface area contributed by atoms with Gasteiger partial charge < -0.3 is 15.1 Å². The molecule has 0 spiro atoms. The molecule has 2 aliphatic heterocycles. The lowest BCUT2D eigenvalue weighted by atomic mass is 10.2. The fourth-order valence-corrected chi connectivity index (χ4v) is 6.27. The van der Waals surface area contributed by atoms with Crippen molar-refractivity contribution in [2.75, 3.05) is 50.7 Å². The lowest BCUT2D eigenvalue weighted by Gasteiger charge is -2.34. The van der Waals surface area contributed by atoms with Crippen LogP contribution < -0.4 is 10.2 Å². The van der Waals surface area contributed by atoms with E-state index in [-0.39, 0.29) is 36.3 Å². The Kier molecular flexibility index (Phi) is 5.72. The molecule has 0 saturated carbocycles. The van der Waals surface area contributed by atoms with E-state index in [1.807, 2.05) is 12.1 Å². The summed E-state index contributed by atoms with van der Waals surface area (Å²) in [5.74, 6) is -0.459. The van der Waals surface area contributed by atoms with Gasteiger partial charge in [0.1, 0.15) is 10.3 Å². The number of hydrogen-bond donors (Lipinski definition) is 1. The summed E-state index contributed by atoms with van der Waals surface area (Å²) >= 11 is 1.54. The van der Waals surface area contributed by atoms with Crippen molar-refractivity contribution in [1.29, 1.82) is 0 Å². The Morgan fingerprint density at radius 1 is 1.03 bits per heavy atom. The molecule has 5 rings (SSSR count). The van der Waals surface area contributed by atoms with Gasteiger partial charge in [-0.25, -0.2) is 18.4 Å². The van der Waals surface area contributed by atoms with E-state index in [9.17, 15) is 18.0 Å². The second kappa shape index (κ2) is 8.69. The third kappa shape index (κ3) is 4.28. The maximum Gasteiger partial charge on any atom is 0.253 e. The maximum atomic E-state index is 13.0. The minimum absolute atomic E-state index is 0.0722. The molecule has 0 bridgehead atoms. The number of rotatable bonds is 4. The number of piperazine rings is 2. The van der Waals surface area contributed by atoms with Crippen LogP contribution in [0.5, 0.6) is 0 Å². The van der Waals surface area contributed by atoms with Crippen molar-refractivity contribution in [1.82, 2.24) is 24.5 Å². The second-order valence-electron chi connectivity index (χ2n) is 7.82. The molecule has 10 nitrogen and oxygen atoms in total. The van der Waals surface area contributed by atoms with Crippen LogP contribution in [0.4, 0.5) is 5.13 Å². The molecule has 2 fully saturated rings. The predicted octanol–water partition coefficient (Wildman–Crippen LogP) is 0.774. The average molecular weight is 487 g/mol. The van der Waals surface area contributed by atoms with Crippen molar-refractivity contribution in [3.05, 3.63) is 48.2 Å². The number of nitrogens with one attached hydrogen (secondary N) is 1. The highest BCUT2D eigenvalue weighted by atomic mass is 32.2. The topological polar surface area (TPSA) is 116 Å². The molecule has 1 N–H and O–H groups in total. The largest absolute Gasteiger partial charge is 0.354 e. The molecule has 33 heavy (non-hydrogen) atoms. The lowest BCUT2D eigenvalue weighted by molar-refractivity contribution is -0.122. The molecule has 0 radical (unpaired) electrons. The number of pyridine rings is 1. The van der Waals surface area contributed by atoms with Gasteiger partial charge >= 0.3 is 0 Å². The quantitative estimate of drug-likeness (QED) is 0.579. The molecule has 1 aromatic carbocycles. The summed E-state index contributed by atoms with van der Waals surface area (Å²) < 4.78 is 26.7. The van der Waals surface area contributed by atoms with Crippen molar-refractivity contribution >= 4 is 48.7 Å². The first-order valence-electron chi connectivity index (χ1n) is 10.5. The van der Waals surface area contributed by atoms with Crippen LogP contribution in [-0.4, -0.2) is 85.2 Å². The van der Waals surface area contributed by atoms with Gasteiger partial charge in [-0.05, 0) is 36.4 Å². The number of nitrogens with zero attached hydrogens (tertiary/aromatic N) is 5. The number of benzene rings is 1. The van der Waals surface area contributed by atoms with E-state index in [1.54, 1.807) is 11.1 Å². The number of fused-ring (bicyclic) bond motifs is 1. The molecule has 2 aromatic heterocycles. The van der Waals surface area contributed by atoms with Crippen LogP contribution in [0.25, 0.3) is 10.3 Å². The molecule has 2 saturated heterocycles. The van der Waals surface area contributed by atoms with Crippen molar-refractivity contribution in [2.45, 2.75) is 4.90 Å². The molecule has 0 unspecified atom stereocenters. The number of amides is 2. The zero-order chi connectivity index (χ0) is 23.0. The molecule has 3 aromatic rings. The van der Waals surface area contributed by atoms with E-state index in [0.29, 0.717) is 31.7 Å². The summed E-state index contributed by atoms with van der Waals surface area (Å²) in [6, 6.07) is 9.72. The molecular weight excluding hydrogens is 464 g/mol. The third-order valence-electron chi connectivity index (χ3n) is 5.73. The minimum atomic E-state index is -3.78. The van der Waals surface area contributed by atoms with Crippen LogP contribution in [0, 0.1) is 0 Å². The summed E-state index contributed by atoms with van der Waals surface area (Å²) in [5.41, 5.74) is 1.30. The Morgan fingerprint density at radius 2 is 1.79 bits per heavy atom. The van der Waals surface area contributed by atoms with Crippen LogP contribution in [0.3, 0.4) is 0 Å². The Hall–Kier alpha value is -3.09. The van der Waals surface area contributed by atoms with Gasteiger partial charge in [-0.15, -0.1) is 0 Å². The van der Waals surface area contributed by atoms with Crippen LogP contribution in [0.1, 0.15) is 10.4 Å². The average Bonchev–Trinajstić information content (AvgIpc) is 3.28. The first-order valence-corrected chi connectivity index (χ1v) is 12.8. The van der Waals surface area contributed by atoms with Gasteiger partial charge in [0, 0.05) is 51.0 Å². The van der Waals surface area contributed by atoms with Gasteiger partial charge in [0.15, 0.2) is 5.13 Å². The lowest BCUT2D eigenvalue weighted by Crippen LogP contribution is -2.49. The van der Waals surface area contributed by atoms with Gasteiger partial charge in [0.05, 0.1) is 11.4 Å². The van der Waals surface area contributed by atoms with E-state index in [1.165, 1.54) is 35.6 Å². The fourth-order valence-electron chi connectivity index (χ4n) is 3.92. The SMILES string of the molecule is O=C1CN(S(=O)(=O)c2ccc(C(=O)N3CCN(c4nc5cccnc5s4)CC3)cc2)CCN1. The molecule has 12 heteroatoms. The van der Waals surface area contributed by atoms with E-state index in [4.69, 9.17) is 0 Å². The number of hydrogen-bond acceptors (Lipinski definition) is 8. The van der Waals surface area contributed by atoms with Gasteiger partial charge in [-0.1, -0.05) is 11.3 Å². The van der Waals surface area contributed by atoms with Crippen molar-refractivity contribution in [2.24, 2.45) is 0 Å². The highest BCUT2D eigenvalue weighted by Gasteiger charge is 2.30. The van der Waals surface area contributed by atoms with Crippen molar-refractivity contribution in [3.63, 3.8) is 0 Å². The number of anilines is 1. The van der Waals surface area contributed by atoms with Crippen LogP contribution >= 0.6 is 11.3 Å². The molecule has 4 heterocycles. The number of carbonyl (C=O) groups is 2. The predicted molar refractivity (Wildman–Crippen MR) is 124 cm³/mol. The number of sulfonamides is 1. The smallest absolute Gasteiger partial charge is 0.253 e. The van der Waals surface area contributed by atoms with Crippen LogP contribution in [-0.2, 0) is 14.8 Å². The Balaban J connectivity index is 1.23. The Morgan fingerprint density at radius 3 is 2.48 bits per heavy atom. The fraction of sp³-hybridized carbons (Fsp3) is 0.333. The first kappa shape index (κ1) is 21.7. The monoisotopic (exact) mass is 486 g/mol. The highest BCUT2D eigenvalue weighted by Crippen LogP contribution is 2.28. The molecule has 2 amide bonds. The summed E-state index contributed by atoms with van der Waals surface area (Å²) in [6.07, 6.45) is 1.75. The Labute approximate surface area is 194 Å². The normalized spacial score (nSPS) is 17.9. The van der Waals surface area contributed by atoms with Crippen molar-refractivity contribution in [3.8, 4) is 0 Å². The minimum Gasteiger partial charge on any atom is -0.354 e. The zero-order valence-corrected chi connectivity index (χ0v) is 19.3. The first-order chi connectivity index (χ1) is 15.9. The zero-order valence-electron chi connectivity index (χ0n) is 17.7. The van der Waals surface area contributed by atoms with Gasteiger partial charge in [0.25, 0.3) is 5.91 Å². The van der Waals surface area contributed by atoms with E-state index >= 15 is 0 Å². The van der Waals surface area contributed by atoms with Gasteiger partial charge in [0.2, 0.25) is 15.9 Å². The standard InChI is InChI=1S/C21H22N6O4S2/c28-18-14-27(9-8-22-18)33(30,31)16-5-3-15(4-6-16)20(29)25-10-12-26(13-11-25)21-24-17-2-1-7-23-19(17)32-21/h1-7H,8-14H2,(H,22,28). The highest BCUT2D eigenvalue weighted by molar-refractivity contribution is 7.89. The summed E-state index contributed by atoms with van der Waals surface area (Å²) in [7, 11) is -3.78. The molecule has 0 aliphatic carbocycles. The molecule has 0 atom stereocenters. The van der Waals surface area contributed by atoms with E-state index in [2.05, 4.69) is 20.2 Å². The number of aromatic nitrogens is 2. The Bertz CT molecular complexity index is 1270. The van der Waals surface area contributed by atoms with Gasteiger partial charge in [-0.2, -0.15) is 4.31 Å². The number of thiazole rings is 1. The number of carbonyl (C=O) groups excluding carboxylic acids is 2. The molecule has 2 aliphatic rings. The second-order valence-corrected chi connectivity index (χ2v) is 10.7. The summed E-state index contributed by atoms with van der Waals surface area (Å²) in [4.78, 5) is 38.4. The summed E-state index contributed by atoms with van der Waals surface area (Å²) in [6.45, 7) is 2.73. The van der Waals surface area contributed by atoms with E-state index < -0.39 is 10.0 Å². The third-order valence-corrected chi connectivity index (χ3v) is 8.63.